The van der Waals surface area contributed by atoms with Crippen LogP contribution < -0.4 is 10.3 Å². The molecule has 33 heavy (non-hydrogen) atoms. The summed E-state index contributed by atoms with van der Waals surface area (Å²) in [5.74, 6) is 0.826. The van der Waals surface area contributed by atoms with Crippen molar-refractivity contribution < 1.29 is 4.74 Å². The van der Waals surface area contributed by atoms with Crippen LogP contribution in [0.15, 0.2) is 59.5 Å². The van der Waals surface area contributed by atoms with Gasteiger partial charge in [0.05, 0.1) is 18.3 Å². The minimum Gasteiger partial charge on any atom is -0.496 e. The number of thiazole rings is 1. The predicted molar refractivity (Wildman–Crippen MR) is 136 cm³/mol. The second-order valence-corrected chi connectivity index (χ2v) is 9.82. The molecule has 0 bridgehead atoms. The summed E-state index contributed by atoms with van der Waals surface area (Å²) in [5.41, 5.74) is 3.55. The largest absolute Gasteiger partial charge is 0.496 e. The van der Waals surface area contributed by atoms with Crippen LogP contribution in [-0.2, 0) is 6.42 Å². The van der Waals surface area contributed by atoms with E-state index < -0.39 is 0 Å². The maximum atomic E-state index is 13.3. The van der Waals surface area contributed by atoms with E-state index in [-0.39, 0.29) is 5.56 Å². The first-order chi connectivity index (χ1) is 16.1. The summed E-state index contributed by atoms with van der Waals surface area (Å²) < 4.78 is 7.98. The molecule has 2 aromatic carbocycles. The summed E-state index contributed by atoms with van der Waals surface area (Å²) in [6.07, 6.45) is 6.50. The molecule has 1 fully saturated rings. The van der Waals surface area contributed by atoms with E-state index in [1.165, 1.54) is 42.8 Å². The third-order valence-corrected chi connectivity index (χ3v) is 7.57. The molecule has 0 saturated carbocycles. The highest BCUT2D eigenvalue weighted by atomic mass is 35.5. The molecule has 1 aliphatic heterocycles. The first-order valence-corrected chi connectivity index (χ1v) is 12.5. The topological polar surface area (TPSA) is 47.4 Å². The first kappa shape index (κ1) is 22.1. The van der Waals surface area contributed by atoms with Crippen molar-refractivity contribution in [2.24, 2.45) is 0 Å². The zero-order valence-corrected chi connectivity index (χ0v) is 20.2. The summed E-state index contributed by atoms with van der Waals surface area (Å²) in [5, 5.41) is 1.48. The van der Waals surface area contributed by atoms with Crippen LogP contribution >= 0.6 is 22.9 Å². The van der Waals surface area contributed by atoms with Crippen LogP contribution in [0.5, 0.6) is 5.75 Å². The lowest BCUT2D eigenvalue weighted by atomic mass is 10.1. The Balaban J connectivity index is 1.41. The molecule has 7 heteroatoms. The molecule has 170 valence electrons. The number of nitrogens with zero attached hydrogens (tertiary/aromatic N) is 3. The Morgan fingerprint density at radius 3 is 2.64 bits per heavy atom. The molecule has 0 atom stereocenters. The average molecular weight is 480 g/mol. The van der Waals surface area contributed by atoms with E-state index in [1.807, 2.05) is 42.5 Å². The summed E-state index contributed by atoms with van der Waals surface area (Å²) in [6.45, 7) is 3.57. The van der Waals surface area contributed by atoms with Gasteiger partial charge in [0.2, 0.25) is 0 Å². The zero-order valence-electron chi connectivity index (χ0n) is 18.6. The molecule has 2 aromatic heterocycles. The van der Waals surface area contributed by atoms with Gasteiger partial charge in [-0.15, -0.1) is 11.3 Å². The molecule has 0 spiro atoms. The van der Waals surface area contributed by atoms with E-state index in [2.05, 4.69) is 16.0 Å². The number of pyridine rings is 1. The minimum atomic E-state index is -0.0750. The van der Waals surface area contributed by atoms with Crippen LogP contribution in [0.4, 0.5) is 0 Å². The standard InChI is InChI=1S/C26H26ClN3O2S/c1-32-23-17-21(11-8-18(23)5-4-15-29-13-2-3-14-29)30-16-12-22-24(26(30)31)33-25(28-22)19-6-9-20(27)10-7-19/h6-12,16-17H,2-5,13-15H2,1H3. The van der Waals surface area contributed by atoms with Crippen molar-refractivity contribution in [3.63, 3.8) is 0 Å². The fourth-order valence-corrected chi connectivity index (χ4v) is 5.55. The molecule has 1 saturated heterocycles. The lowest BCUT2D eigenvalue weighted by molar-refractivity contribution is 0.332. The third kappa shape index (κ3) is 4.69. The summed E-state index contributed by atoms with van der Waals surface area (Å²) in [4.78, 5) is 20.5. The van der Waals surface area contributed by atoms with Crippen molar-refractivity contribution in [1.29, 1.82) is 0 Å². The number of halogens is 1. The number of aryl methyl sites for hydroxylation is 1. The molecule has 3 heterocycles. The zero-order chi connectivity index (χ0) is 22.8. The molecule has 0 radical (unpaired) electrons. The van der Waals surface area contributed by atoms with Gasteiger partial charge in [-0.3, -0.25) is 9.36 Å². The molecular weight excluding hydrogens is 454 g/mol. The molecule has 4 aromatic rings. The highest BCUT2D eigenvalue weighted by molar-refractivity contribution is 7.21. The van der Waals surface area contributed by atoms with Crippen LogP contribution in [0.1, 0.15) is 24.8 Å². The number of hydrogen-bond donors (Lipinski definition) is 0. The number of hydrogen-bond acceptors (Lipinski definition) is 5. The fourth-order valence-electron chi connectivity index (χ4n) is 4.43. The van der Waals surface area contributed by atoms with E-state index in [1.54, 1.807) is 17.9 Å². The molecule has 0 N–H and O–H groups in total. The van der Waals surface area contributed by atoms with Gasteiger partial charge in [0.15, 0.2) is 0 Å². The van der Waals surface area contributed by atoms with Crippen LogP contribution in [0, 0.1) is 0 Å². The van der Waals surface area contributed by atoms with Gasteiger partial charge >= 0.3 is 0 Å². The Kier molecular flexibility index (Phi) is 6.49. The molecular formula is C26H26ClN3O2S. The number of rotatable bonds is 7. The second-order valence-electron chi connectivity index (χ2n) is 8.38. The Morgan fingerprint density at radius 1 is 1.09 bits per heavy atom. The maximum Gasteiger partial charge on any atom is 0.274 e. The van der Waals surface area contributed by atoms with Gasteiger partial charge in [-0.25, -0.2) is 4.98 Å². The van der Waals surface area contributed by atoms with Gasteiger partial charge < -0.3 is 9.64 Å². The molecule has 1 aliphatic rings. The molecule has 0 unspecified atom stereocenters. The van der Waals surface area contributed by atoms with Gasteiger partial charge in [-0.2, -0.15) is 0 Å². The number of likely N-dealkylation sites (tertiary alicyclic amines) is 1. The summed E-state index contributed by atoms with van der Waals surface area (Å²) in [6, 6.07) is 15.4. The second kappa shape index (κ2) is 9.67. The number of fused-ring (bicyclic) bond motifs is 1. The normalized spacial score (nSPS) is 14.2. The van der Waals surface area contributed by atoms with Crippen LogP contribution in [-0.4, -0.2) is 41.2 Å². The third-order valence-electron chi connectivity index (χ3n) is 6.21. The SMILES string of the molecule is COc1cc(-n2ccc3nc(-c4ccc(Cl)cc4)sc3c2=O)ccc1CCCN1CCCC1. The molecule has 5 rings (SSSR count). The van der Waals surface area contributed by atoms with Gasteiger partial charge in [0, 0.05) is 22.8 Å². The van der Waals surface area contributed by atoms with Gasteiger partial charge in [0.1, 0.15) is 15.5 Å². The number of ether oxygens (including phenoxy) is 1. The molecule has 0 amide bonds. The van der Waals surface area contributed by atoms with Crippen molar-refractivity contribution in [2.75, 3.05) is 26.7 Å². The van der Waals surface area contributed by atoms with E-state index in [4.69, 9.17) is 16.3 Å². The van der Waals surface area contributed by atoms with Crippen LogP contribution in [0.25, 0.3) is 26.5 Å². The summed E-state index contributed by atoms with van der Waals surface area (Å²) in [7, 11) is 1.69. The van der Waals surface area contributed by atoms with Crippen LogP contribution in [0.3, 0.4) is 0 Å². The van der Waals surface area contributed by atoms with Gasteiger partial charge in [0.25, 0.3) is 5.56 Å². The van der Waals surface area contributed by atoms with E-state index in [9.17, 15) is 4.79 Å². The quantitative estimate of drug-likeness (QED) is 0.336. The van der Waals surface area contributed by atoms with Crippen molar-refractivity contribution in [3.8, 4) is 22.0 Å². The average Bonchev–Trinajstić information content (AvgIpc) is 3.51. The highest BCUT2D eigenvalue weighted by Crippen LogP contribution is 2.30. The van der Waals surface area contributed by atoms with Gasteiger partial charge in [-0.05, 0) is 75.1 Å². The van der Waals surface area contributed by atoms with E-state index in [0.717, 1.165) is 41.4 Å². The molecule has 5 nitrogen and oxygen atoms in total. The Hall–Kier alpha value is -2.67. The van der Waals surface area contributed by atoms with E-state index in [0.29, 0.717) is 15.2 Å². The van der Waals surface area contributed by atoms with E-state index >= 15 is 0 Å². The first-order valence-electron chi connectivity index (χ1n) is 11.3. The lowest BCUT2D eigenvalue weighted by Gasteiger charge is -2.16. The Morgan fingerprint density at radius 2 is 1.88 bits per heavy atom. The number of methoxy groups -OCH3 is 1. The van der Waals surface area contributed by atoms with Gasteiger partial charge in [-0.1, -0.05) is 29.8 Å². The van der Waals surface area contributed by atoms with Crippen molar-refractivity contribution in [1.82, 2.24) is 14.5 Å². The molecule has 0 aliphatic carbocycles. The number of benzene rings is 2. The van der Waals surface area contributed by atoms with Crippen molar-refractivity contribution >= 4 is 33.2 Å². The van der Waals surface area contributed by atoms with Crippen LogP contribution in [0.2, 0.25) is 5.02 Å². The Labute approximate surface area is 202 Å². The monoisotopic (exact) mass is 479 g/mol. The lowest BCUT2D eigenvalue weighted by Crippen LogP contribution is -2.20. The highest BCUT2D eigenvalue weighted by Gasteiger charge is 2.14. The predicted octanol–water partition coefficient (Wildman–Crippen LogP) is 5.80. The fraction of sp³-hybridized carbons (Fsp3) is 0.308. The van der Waals surface area contributed by atoms with Crippen molar-refractivity contribution in [3.05, 3.63) is 75.7 Å². The Bertz CT molecular complexity index is 1320. The smallest absolute Gasteiger partial charge is 0.274 e. The maximum absolute atomic E-state index is 13.3. The number of aromatic nitrogens is 2. The minimum absolute atomic E-state index is 0.0750. The van der Waals surface area contributed by atoms with Crippen molar-refractivity contribution in [2.45, 2.75) is 25.7 Å². The summed E-state index contributed by atoms with van der Waals surface area (Å²) >= 11 is 7.41.